The van der Waals surface area contributed by atoms with Gasteiger partial charge in [0.05, 0.1) is 16.9 Å². The number of fused-ring (bicyclic) bond motifs is 1. The fourth-order valence-corrected chi connectivity index (χ4v) is 2.07. The minimum absolute atomic E-state index is 0.501. The summed E-state index contributed by atoms with van der Waals surface area (Å²) >= 11 is 0. The molecule has 0 atom stereocenters. The lowest BCUT2D eigenvalue weighted by atomic mass is 10.2. The SMILES string of the molecule is Cc1nc2ccccc2cc1NC(=O)Oc1ccccc1. The summed E-state index contributed by atoms with van der Waals surface area (Å²) in [6, 6.07) is 18.6. The lowest BCUT2D eigenvalue weighted by Gasteiger charge is -2.09. The number of rotatable bonds is 2. The first-order valence-corrected chi connectivity index (χ1v) is 6.62. The van der Waals surface area contributed by atoms with Gasteiger partial charge in [0.2, 0.25) is 0 Å². The van der Waals surface area contributed by atoms with Gasteiger partial charge in [-0.3, -0.25) is 10.3 Å². The van der Waals surface area contributed by atoms with Crippen LogP contribution in [0.5, 0.6) is 5.75 Å². The zero-order valence-electron chi connectivity index (χ0n) is 11.5. The highest BCUT2D eigenvalue weighted by atomic mass is 16.6. The van der Waals surface area contributed by atoms with Crippen molar-refractivity contribution in [1.82, 2.24) is 4.98 Å². The fourth-order valence-electron chi connectivity index (χ4n) is 2.07. The topological polar surface area (TPSA) is 51.2 Å². The minimum atomic E-state index is -0.526. The second kappa shape index (κ2) is 5.63. The van der Waals surface area contributed by atoms with Gasteiger partial charge in [-0.25, -0.2) is 4.79 Å². The molecule has 2 aromatic carbocycles. The largest absolute Gasteiger partial charge is 0.417 e. The standard InChI is InChI=1S/C17H14N2O2/c1-12-16(11-13-7-5-6-10-15(13)18-12)19-17(20)21-14-8-3-2-4-9-14/h2-11H,1H3,(H,19,20). The molecule has 4 nitrogen and oxygen atoms in total. The van der Waals surface area contributed by atoms with E-state index in [9.17, 15) is 4.79 Å². The van der Waals surface area contributed by atoms with Gasteiger partial charge >= 0.3 is 6.09 Å². The maximum Gasteiger partial charge on any atom is 0.417 e. The summed E-state index contributed by atoms with van der Waals surface area (Å²) in [5.74, 6) is 0.501. The van der Waals surface area contributed by atoms with E-state index in [0.29, 0.717) is 11.4 Å². The number of anilines is 1. The number of hydrogen-bond acceptors (Lipinski definition) is 3. The predicted molar refractivity (Wildman–Crippen MR) is 82.6 cm³/mol. The van der Waals surface area contributed by atoms with Crippen molar-refractivity contribution in [2.45, 2.75) is 6.92 Å². The van der Waals surface area contributed by atoms with E-state index in [0.717, 1.165) is 16.6 Å². The van der Waals surface area contributed by atoms with Crippen molar-refractivity contribution < 1.29 is 9.53 Å². The van der Waals surface area contributed by atoms with Crippen LogP contribution in [0.15, 0.2) is 60.7 Å². The summed E-state index contributed by atoms with van der Waals surface area (Å²) in [4.78, 5) is 16.4. The zero-order chi connectivity index (χ0) is 14.7. The van der Waals surface area contributed by atoms with Gasteiger partial charge in [0, 0.05) is 5.39 Å². The molecule has 0 spiro atoms. The van der Waals surface area contributed by atoms with Crippen LogP contribution in [0.2, 0.25) is 0 Å². The van der Waals surface area contributed by atoms with Crippen LogP contribution in [0.4, 0.5) is 10.5 Å². The smallest absolute Gasteiger partial charge is 0.410 e. The van der Waals surface area contributed by atoms with Gasteiger partial charge in [-0.15, -0.1) is 0 Å². The molecule has 0 fully saturated rings. The second-order valence-electron chi connectivity index (χ2n) is 4.64. The molecule has 104 valence electrons. The average molecular weight is 278 g/mol. The molecule has 0 aliphatic carbocycles. The van der Waals surface area contributed by atoms with Gasteiger partial charge in [-0.2, -0.15) is 0 Å². The number of benzene rings is 2. The first-order valence-electron chi connectivity index (χ1n) is 6.62. The molecule has 1 heterocycles. The third kappa shape index (κ3) is 3.00. The van der Waals surface area contributed by atoms with E-state index in [4.69, 9.17) is 4.74 Å². The number of pyridine rings is 1. The van der Waals surface area contributed by atoms with E-state index in [-0.39, 0.29) is 0 Å². The number of nitrogens with one attached hydrogen (secondary N) is 1. The molecule has 0 bridgehead atoms. The minimum Gasteiger partial charge on any atom is -0.410 e. The van der Waals surface area contributed by atoms with Gasteiger partial charge in [-0.1, -0.05) is 36.4 Å². The summed E-state index contributed by atoms with van der Waals surface area (Å²) in [7, 11) is 0. The summed E-state index contributed by atoms with van der Waals surface area (Å²) in [5.41, 5.74) is 2.30. The normalized spacial score (nSPS) is 10.3. The van der Waals surface area contributed by atoms with Gasteiger partial charge in [-0.05, 0) is 31.2 Å². The first kappa shape index (κ1) is 13.1. The number of carbonyl (C=O) groups excluding carboxylic acids is 1. The number of ether oxygens (including phenoxy) is 1. The zero-order valence-corrected chi connectivity index (χ0v) is 11.5. The van der Waals surface area contributed by atoms with Gasteiger partial charge < -0.3 is 4.74 Å². The Morgan fingerprint density at radius 1 is 1.05 bits per heavy atom. The molecule has 0 radical (unpaired) electrons. The van der Waals surface area contributed by atoms with Crippen molar-refractivity contribution in [2.24, 2.45) is 0 Å². The number of aryl methyl sites for hydroxylation is 1. The van der Waals surface area contributed by atoms with Crippen molar-refractivity contribution in [3.05, 3.63) is 66.4 Å². The Bertz CT molecular complexity index is 785. The van der Waals surface area contributed by atoms with E-state index in [1.807, 2.05) is 55.5 Å². The number of aromatic nitrogens is 1. The van der Waals surface area contributed by atoms with Crippen molar-refractivity contribution in [2.75, 3.05) is 5.32 Å². The summed E-state index contributed by atoms with van der Waals surface area (Å²) in [6.45, 7) is 1.85. The fraction of sp³-hybridized carbons (Fsp3) is 0.0588. The van der Waals surface area contributed by atoms with Gasteiger partial charge in [0.25, 0.3) is 0 Å². The van der Waals surface area contributed by atoms with Crippen molar-refractivity contribution in [1.29, 1.82) is 0 Å². The molecule has 0 aliphatic heterocycles. The molecule has 1 N–H and O–H groups in total. The number of hydrogen-bond donors (Lipinski definition) is 1. The Morgan fingerprint density at radius 3 is 2.57 bits per heavy atom. The van der Waals surface area contributed by atoms with Crippen LogP contribution in [0.1, 0.15) is 5.69 Å². The van der Waals surface area contributed by atoms with Gasteiger partial charge in [0.1, 0.15) is 5.75 Å². The first-order chi connectivity index (χ1) is 10.2. The molecule has 1 aromatic heterocycles. The quantitative estimate of drug-likeness (QED) is 0.766. The van der Waals surface area contributed by atoms with Gasteiger partial charge in [0.15, 0.2) is 0 Å². The van der Waals surface area contributed by atoms with Crippen LogP contribution < -0.4 is 10.1 Å². The third-order valence-electron chi connectivity index (χ3n) is 3.11. The number of nitrogens with zero attached hydrogens (tertiary/aromatic N) is 1. The molecule has 4 heteroatoms. The molecule has 0 aliphatic rings. The van der Waals surface area contributed by atoms with E-state index in [2.05, 4.69) is 10.3 Å². The highest BCUT2D eigenvalue weighted by Crippen LogP contribution is 2.20. The molecule has 21 heavy (non-hydrogen) atoms. The number of carbonyl (C=O) groups is 1. The van der Waals surface area contributed by atoms with E-state index in [1.54, 1.807) is 12.1 Å². The third-order valence-corrected chi connectivity index (χ3v) is 3.11. The predicted octanol–water partition coefficient (Wildman–Crippen LogP) is 4.15. The van der Waals surface area contributed by atoms with Crippen LogP contribution in [-0.4, -0.2) is 11.1 Å². The summed E-state index contributed by atoms with van der Waals surface area (Å²) in [5, 5.41) is 3.70. The van der Waals surface area contributed by atoms with Crippen LogP contribution in [0.3, 0.4) is 0 Å². The maximum absolute atomic E-state index is 11.9. The van der Waals surface area contributed by atoms with Crippen LogP contribution in [0.25, 0.3) is 10.9 Å². The molecule has 0 unspecified atom stereocenters. The molecular weight excluding hydrogens is 264 g/mol. The Labute approximate surface area is 122 Å². The Balaban J connectivity index is 1.81. The molecule has 3 aromatic rings. The highest BCUT2D eigenvalue weighted by Gasteiger charge is 2.09. The van der Waals surface area contributed by atoms with E-state index < -0.39 is 6.09 Å². The molecule has 3 rings (SSSR count). The Morgan fingerprint density at radius 2 is 1.76 bits per heavy atom. The van der Waals surface area contributed by atoms with E-state index >= 15 is 0 Å². The maximum atomic E-state index is 11.9. The van der Waals surface area contributed by atoms with E-state index in [1.165, 1.54) is 0 Å². The second-order valence-corrected chi connectivity index (χ2v) is 4.64. The Kier molecular flexibility index (Phi) is 3.51. The summed E-state index contributed by atoms with van der Waals surface area (Å²) < 4.78 is 5.21. The highest BCUT2D eigenvalue weighted by molar-refractivity contribution is 5.91. The van der Waals surface area contributed by atoms with Crippen LogP contribution in [0, 0.1) is 6.92 Å². The van der Waals surface area contributed by atoms with Crippen LogP contribution >= 0.6 is 0 Å². The lowest BCUT2D eigenvalue weighted by molar-refractivity contribution is 0.215. The lowest BCUT2D eigenvalue weighted by Crippen LogP contribution is -2.17. The van der Waals surface area contributed by atoms with Crippen molar-refractivity contribution >= 4 is 22.7 Å². The van der Waals surface area contributed by atoms with Crippen molar-refractivity contribution in [3.8, 4) is 5.75 Å². The summed E-state index contributed by atoms with van der Waals surface area (Å²) in [6.07, 6.45) is -0.526. The number of para-hydroxylation sites is 2. The van der Waals surface area contributed by atoms with Crippen molar-refractivity contribution in [3.63, 3.8) is 0 Å². The molecule has 0 saturated heterocycles. The van der Waals surface area contributed by atoms with Crippen LogP contribution in [-0.2, 0) is 0 Å². The average Bonchev–Trinajstić information content (AvgIpc) is 2.49. The number of amides is 1. The Hall–Kier alpha value is -2.88. The molecule has 0 saturated carbocycles. The monoisotopic (exact) mass is 278 g/mol. The molecular formula is C17H14N2O2. The molecule has 1 amide bonds.